The third-order valence-electron chi connectivity index (χ3n) is 1.11. The number of carbonyl (C=O) groups excluding carboxylic acids is 2. The van der Waals surface area contributed by atoms with Crippen molar-refractivity contribution in [1.82, 2.24) is 10.4 Å². The predicted molar refractivity (Wildman–Crippen MR) is 34.7 cm³/mol. The largest absolute Gasteiger partial charge is 0.274 e. The van der Waals surface area contributed by atoms with Crippen LogP contribution in [0.1, 0.15) is 6.92 Å². The Morgan fingerprint density at radius 1 is 1.80 bits per heavy atom. The van der Waals surface area contributed by atoms with Crippen molar-refractivity contribution >= 4 is 11.8 Å². The summed E-state index contributed by atoms with van der Waals surface area (Å²) in [6.45, 7) is 1.84. The third kappa shape index (κ3) is 1.34. The highest BCUT2D eigenvalue weighted by molar-refractivity contribution is 5.91. The number of carbonyl (C=O) groups is 2. The molecule has 0 saturated heterocycles. The van der Waals surface area contributed by atoms with E-state index in [2.05, 4.69) is 5.43 Å². The Morgan fingerprint density at radius 3 is 2.90 bits per heavy atom. The fraction of sp³-hybridized carbons (Fsp3) is 0.333. The second-order valence-corrected chi connectivity index (χ2v) is 2.02. The smallest absolute Gasteiger partial charge is 0.265 e. The maximum absolute atomic E-state index is 10.7. The van der Waals surface area contributed by atoms with Gasteiger partial charge in [0, 0.05) is 13.0 Å². The Balaban J connectivity index is 2.45. The van der Waals surface area contributed by atoms with Crippen LogP contribution < -0.4 is 5.43 Å². The van der Waals surface area contributed by atoms with Crippen molar-refractivity contribution in [2.45, 2.75) is 6.92 Å². The molecule has 0 unspecified atom stereocenters. The van der Waals surface area contributed by atoms with E-state index in [1.165, 1.54) is 18.0 Å². The van der Waals surface area contributed by atoms with Crippen LogP contribution in [-0.4, -0.2) is 23.4 Å². The summed E-state index contributed by atoms with van der Waals surface area (Å²) in [4.78, 5) is 21.1. The second-order valence-electron chi connectivity index (χ2n) is 2.02. The SMILES string of the molecule is CC(=O)NN1CC=CC1=O. The van der Waals surface area contributed by atoms with Gasteiger partial charge in [0.05, 0.1) is 6.54 Å². The van der Waals surface area contributed by atoms with Crippen LogP contribution in [0.5, 0.6) is 0 Å². The fourth-order valence-corrected chi connectivity index (χ4v) is 0.730. The second kappa shape index (κ2) is 2.51. The number of rotatable bonds is 1. The number of nitrogens with one attached hydrogen (secondary N) is 1. The number of amides is 2. The van der Waals surface area contributed by atoms with Crippen molar-refractivity contribution in [3.63, 3.8) is 0 Å². The zero-order valence-corrected chi connectivity index (χ0v) is 5.63. The lowest BCUT2D eigenvalue weighted by Crippen LogP contribution is -2.41. The van der Waals surface area contributed by atoms with E-state index in [9.17, 15) is 9.59 Å². The molecule has 1 rings (SSSR count). The van der Waals surface area contributed by atoms with E-state index in [4.69, 9.17) is 0 Å². The first kappa shape index (κ1) is 6.80. The van der Waals surface area contributed by atoms with Gasteiger partial charge >= 0.3 is 0 Å². The summed E-state index contributed by atoms with van der Waals surface area (Å²) in [5.41, 5.74) is 2.37. The highest BCUT2D eigenvalue weighted by Gasteiger charge is 2.14. The molecule has 1 N–H and O–H groups in total. The minimum atomic E-state index is -0.225. The minimum absolute atomic E-state index is 0.171. The summed E-state index contributed by atoms with van der Waals surface area (Å²) in [7, 11) is 0. The maximum atomic E-state index is 10.7. The van der Waals surface area contributed by atoms with E-state index in [1.54, 1.807) is 6.08 Å². The van der Waals surface area contributed by atoms with Gasteiger partial charge < -0.3 is 0 Å². The monoisotopic (exact) mass is 140 g/mol. The molecule has 0 aromatic rings. The quantitative estimate of drug-likeness (QED) is 0.530. The van der Waals surface area contributed by atoms with Gasteiger partial charge in [0.25, 0.3) is 5.91 Å². The number of hydrogen-bond acceptors (Lipinski definition) is 2. The molecule has 4 nitrogen and oxygen atoms in total. The normalized spacial score (nSPS) is 16.1. The first-order valence-corrected chi connectivity index (χ1v) is 2.95. The van der Waals surface area contributed by atoms with Gasteiger partial charge in [-0.25, -0.2) is 5.01 Å². The molecular weight excluding hydrogens is 132 g/mol. The number of hydrazine groups is 1. The van der Waals surface area contributed by atoms with Gasteiger partial charge in [-0.05, 0) is 0 Å². The Bertz CT molecular complexity index is 198. The molecule has 0 saturated carbocycles. The Labute approximate surface area is 58.5 Å². The van der Waals surface area contributed by atoms with Crippen LogP contribution in [0.2, 0.25) is 0 Å². The van der Waals surface area contributed by atoms with Crippen molar-refractivity contribution in [3.8, 4) is 0 Å². The molecule has 1 heterocycles. The molecule has 54 valence electrons. The number of hydrogen-bond donors (Lipinski definition) is 1. The molecule has 0 aliphatic carbocycles. The third-order valence-corrected chi connectivity index (χ3v) is 1.11. The summed E-state index contributed by atoms with van der Waals surface area (Å²) in [6.07, 6.45) is 3.12. The van der Waals surface area contributed by atoms with E-state index in [-0.39, 0.29) is 11.8 Å². The molecule has 10 heavy (non-hydrogen) atoms. The van der Waals surface area contributed by atoms with Crippen LogP contribution in [0.4, 0.5) is 0 Å². The maximum Gasteiger partial charge on any atom is 0.265 e. The molecule has 4 heteroatoms. The predicted octanol–water partition coefficient (Wildman–Crippen LogP) is -0.564. The zero-order valence-electron chi connectivity index (χ0n) is 5.63. The molecule has 0 atom stereocenters. The molecule has 0 aromatic heterocycles. The Morgan fingerprint density at radius 2 is 2.50 bits per heavy atom. The average Bonchev–Trinajstić information content (AvgIpc) is 2.15. The molecule has 1 aliphatic heterocycles. The van der Waals surface area contributed by atoms with Crippen LogP contribution in [0, 0.1) is 0 Å². The van der Waals surface area contributed by atoms with E-state index in [1.807, 2.05) is 0 Å². The lowest BCUT2D eigenvalue weighted by Gasteiger charge is -2.14. The molecule has 0 fully saturated rings. The zero-order chi connectivity index (χ0) is 7.56. The van der Waals surface area contributed by atoms with Gasteiger partial charge in [-0.1, -0.05) is 6.08 Å². The standard InChI is InChI=1S/C6H8N2O2/c1-5(9)7-8-4-2-3-6(8)10/h2-3H,4H2,1H3,(H,7,9). The van der Waals surface area contributed by atoms with Crippen LogP contribution in [0.3, 0.4) is 0 Å². The van der Waals surface area contributed by atoms with Crippen LogP contribution in [-0.2, 0) is 9.59 Å². The number of nitrogens with zero attached hydrogens (tertiary/aromatic N) is 1. The fourth-order valence-electron chi connectivity index (χ4n) is 0.730. The van der Waals surface area contributed by atoms with Gasteiger partial charge in [0.1, 0.15) is 0 Å². The molecule has 2 amide bonds. The lowest BCUT2D eigenvalue weighted by molar-refractivity contribution is -0.135. The highest BCUT2D eigenvalue weighted by atomic mass is 16.2. The minimum Gasteiger partial charge on any atom is -0.274 e. The van der Waals surface area contributed by atoms with E-state index in [0.29, 0.717) is 6.54 Å². The van der Waals surface area contributed by atoms with E-state index in [0.717, 1.165) is 0 Å². The van der Waals surface area contributed by atoms with Crippen molar-refractivity contribution in [2.75, 3.05) is 6.54 Å². The summed E-state index contributed by atoms with van der Waals surface area (Å²) in [6, 6.07) is 0. The molecule has 1 aliphatic rings. The Kier molecular flexibility index (Phi) is 1.71. The van der Waals surface area contributed by atoms with Gasteiger partial charge in [0.2, 0.25) is 5.91 Å². The van der Waals surface area contributed by atoms with Crippen molar-refractivity contribution < 1.29 is 9.59 Å². The van der Waals surface area contributed by atoms with E-state index >= 15 is 0 Å². The average molecular weight is 140 g/mol. The first-order chi connectivity index (χ1) is 4.70. The molecule has 0 radical (unpaired) electrons. The van der Waals surface area contributed by atoms with Gasteiger partial charge in [-0.2, -0.15) is 0 Å². The van der Waals surface area contributed by atoms with Gasteiger partial charge in [-0.15, -0.1) is 0 Å². The Hall–Kier alpha value is -1.32. The lowest BCUT2D eigenvalue weighted by atomic mass is 10.6. The highest BCUT2D eigenvalue weighted by Crippen LogP contribution is 1.95. The van der Waals surface area contributed by atoms with E-state index < -0.39 is 0 Å². The molecule has 0 bridgehead atoms. The first-order valence-electron chi connectivity index (χ1n) is 2.95. The summed E-state index contributed by atoms with van der Waals surface area (Å²) >= 11 is 0. The van der Waals surface area contributed by atoms with Gasteiger partial charge in [-0.3, -0.25) is 15.0 Å². The topological polar surface area (TPSA) is 49.4 Å². The molecule has 0 spiro atoms. The van der Waals surface area contributed by atoms with Crippen LogP contribution in [0.25, 0.3) is 0 Å². The van der Waals surface area contributed by atoms with Crippen molar-refractivity contribution in [1.29, 1.82) is 0 Å². The van der Waals surface area contributed by atoms with Crippen molar-refractivity contribution in [3.05, 3.63) is 12.2 Å². The van der Waals surface area contributed by atoms with Crippen molar-refractivity contribution in [2.24, 2.45) is 0 Å². The van der Waals surface area contributed by atoms with Crippen LogP contribution >= 0.6 is 0 Å². The summed E-state index contributed by atoms with van der Waals surface area (Å²) < 4.78 is 0. The summed E-state index contributed by atoms with van der Waals surface area (Å²) in [5.74, 6) is -0.396. The van der Waals surface area contributed by atoms with Crippen LogP contribution in [0.15, 0.2) is 12.2 Å². The summed E-state index contributed by atoms with van der Waals surface area (Å²) in [5, 5.41) is 1.25. The molecular formula is C6H8N2O2. The van der Waals surface area contributed by atoms with Gasteiger partial charge in [0.15, 0.2) is 0 Å². The molecule has 0 aromatic carbocycles.